The number of fused-ring (bicyclic) bond motifs is 11. The average Bonchev–Trinajstić information content (AvgIpc) is 3.51. The molecule has 0 amide bonds. The van der Waals surface area contributed by atoms with Crippen LogP contribution in [0.4, 0.5) is 0 Å². The summed E-state index contributed by atoms with van der Waals surface area (Å²) in [5.41, 5.74) is 18.6. The molecule has 0 radical (unpaired) electrons. The first-order valence-electron chi connectivity index (χ1n) is 16.9. The molecule has 1 aliphatic rings. The number of aromatic nitrogens is 1. The summed E-state index contributed by atoms with van der Waals surface area (Å²) < 4.78 is 2.37. The quantitative estimate of drug-likeness (QED) is 0.185. The third-order valence-electron chi connectivity index (χ3n) is 10.2. The van der Waals surface area contributed by atoms with E-state index in [1.807, 2.05) is 0 Å². The molecule has 0 aliphatic heterocycles. The molecular formula is C48H31N. The van der Waals surface area contributed by atoms with Gasteiger partial charge >= 0.3 is 0 Å². The predicted octanol–water partition coefficient (Wildman–Crippen LogP) is 13.1. The van der Waals surface area contributed by atoms with Gasteiger partial charge in [0.15, 0.2) is 0 Å². The molecule has 1 nitrogen and oxygen atoms in total. The van der Waals surface area contributed by atoms with Crippen molar-refractivity contribution in [3.8, 4) is 72.4 Å². The van der Waals surface area contributed by atoms with Gasteiger partial charge in [-0.15, -0.1) is 0 Å². The number of hydrogen-bond acceptors (Lipinski definition) is 0. The minimum absolute atomic E-state index is 1.18. The topological polar surface area (TPSA) is 4.93 Å². The highest BCUT2D eigenvalue weighted by Crippen LogP contribution is 2.50. The van der Waals surface area contributed by atoms with Gasteiger partial charge in [-0.25, -0.2) is 0 Å². The first-order chi connectivity index (χ1) is 24.3. The van der Waals surface area contributed by atoms with Gasteiger partial charge in [-0.2, -0.15) is 0 Å². The number of rotatable bonds is 3. The fourth-order valence-electron chi connectivity index (χ4n) is 8.00. The van der Waals surface area contributed by atoms with Crippen LogP contribution < -0.4 is 0 Å². The van der Waals surface area contributed by atoms with Crippen LogP contribution in [0.1, 0.15) is 0 Å². The molecule has 10 rings (SSSR count). The second-order valence-corrected chi connectivity index (χ2v) is 12.9. The van der Waals surface area contributed by atoms with Crippen molar-refractivity contribution in [1.82, 2.24) is 4.57 Å². The van der Waals surface area contributed by atoms with Gasteiger partial charge in [-0.05, 0) is 97.1 Å². The maximum Gasteiger partial charge on any atom is 0.0541 e. The van der Waals surface area contributed by atoms with Crippen LogP contribution in [0.5, 0.6) is 0 Å². The Labute approximate surface area is 286 Å². The third-order valence-corrected chi connectivity index (χ3v) is 10.2. The molecule has 1 heterocycles. The Morgan fingerprint density at radius 2 is 0.735 bits per heavy atom. The van der Waals surface area contributed by atoms with Crippen molar-refractivity contribution in [2.24, 2.45) is 0 Å². The lowest BCUT2D eigenvalue weighted by atomic mass is 9.78. The van der Waals surface area contributed by atoms with Crippen LogP contribution in [-0.4, -0.2) is 4.57 Å². The van der Waals surface area contributed by atoms with Gasteiger partial charge in [0.1, 0.15) is 0 Å². The van der Waals surface area contributed by atoms with Crippen molar-refractivity contribution in [2.45, 2.75) is 0 Å². The minimum Gasteiger partial charge on any atom is -0.309 e. The maximum atomic E-state index is 2.37. The van der Waals surface area contributed by atoms with E-state index >= 15 is 0 Å². The monoisotopic (exact) mass is 621 g/mol. The smallest absolute Gasteiger partial charge is 0.0541 e. The normalized spacial score (nSPS) is 11.7. The van der Waals surface area contributed by atoms with E-state index in [-0.39, 0.29) is 0 Å². The van der Waals surface area contributed by atoms with Gasteiger partial charge in [0.25, 0.3) is 0 Å². The van der Waals surface area contributed by atoms with E-state index in [0.29, 0.717) is 0 Å². The summed E-state index contributed by atoms with van der Waals surface area (Å²) in [5, 5.41) is 2.53. The van der Waals surface area contributed by atoms with Crippen LogP contribution >= 0.6 is 0 Å². The van der Waals surface area contributed by atoms with Gasteiger partial charge in [0.2, 0.25) is 0 Å². The predicted molar refractivity (Wildman–Crippen MR) is 207 cm³/mol. The average molecular weight is 622 g/mol. The number of benzene rings is 8. The Kier molecular flexibility index (Phi) is 6.25. The van der Waals surface area contributed by atoms with Crippen molar-refractivity contribution in [1.29, 1.82) is 0 Å². The minimum atomic E-state index is 1.18. The summed E-state index contributed by atoms with van der Waals surface area (Å²) in [6, 6.07) is 68.8. The van der Waals surface area contributed by atoms with E-state index in [2.05, 4.69) is 193 Å². The highest BCUT2D eigenvalue weighted by Gasteiger charge is 2.23. The Balaban J connectivity index is 1.13. The lowest BCUT2D eigenvalue weighted by molar-refractivity contribution is 1.18. The SMILES string of the molecule is c1ccc(-n2c3ccccc3c3cc(-c4ccc(-c5cccc6c5-c5ccccc5-c5ccccc5-c5ccccc5-6)cc4)ccc32)cc1. The standard InChI is InChI=1S/C48H31N/c1-2-13-35(14-3-1)49-46-24-11-10-20-42(46)45-31-34(29-30-47(45)49)32-25-27-33(28-26-32)36-22-12-23-44-41-18-7-6-17-39(41)37-15-4-5-16-38(37)40-19-8-9-21-43(40)48(36)44/h1-31H. The van der Waals surface area contributed by atoms with Crippen molar-refractivity contribution < 1.29 is 0 Å². The molecule has 0 atom stereocenters. The Bertz CT molecular complexity index is 2690. The van der Waals surface area contributed by atoms with E-state index < -0.39 is 0 Å². The molecule has 1 heteroatoms. The molecule has 0 fully saturated rings. The van der Waals surface area contributed by atoms with Crippen LogP contribution in [0.3, 0.4) is 0 Å². The molecule has 0 spiro atoms. The van der Waals surface area contributed by atoms with Crippen LogP contribution in [0.2, 0.25) is 0 Å². The second-order valence-electron chi connectivity index (χ2n) is 12.9. The fraction of sp³-hybridized carbons (Fsp3) is 0. The molecule has 0 N–H and O–H groups in total. The molecule has 0 saturated carbocycles. The van der Waals surface area contributed by atoms with E-state index in [4.69, 9.17) is 0 Å². The van der Waals surface area contributed by atoms with Crippen LogP contribution in [-0.2, 0) is 0 Å². The zero-order chi connectivity index (χ0) is 32.3. The second kappa shape index (κ2) is 11.1. The lowest BCUT2D eigenvalue weighted by Crippen LogP contribution is -1.98. The van der Waals surface area contributed by atoms with Crippen LogP contribution in [0, 0.1) is 0 Å². The zero-order valence-electron chi connectivity index (χ0n) is 26.8. The van der Waals surface area contributed by atoms with Gasteiger partial charge in [-0.1, -0.05) is 158 Å². The van der Waals surface area contributed by atoms with E-state index in [9.17, 15) is 0 Å². The van der Waals surface area contributed by atoms with Crippen LogP contribution in [0.15, 0.2) is 188 Å². The van der Waals surface area contributed by atoms with Crippen molar-refractivity contribution in [2.75, 3.05) is 0 Å². The van der Waals surface area contributed by atoms with E-state index in [1.54, 1.807) is 0 Å². The largest absolute Gasteiger partial charge is 0.309 e. The maximum absolute atomic E-state index is 2.37. The zero-order valence-corrected chi connectivity index (χ0v) is 26.8. The third kappa shape index (κ3) is 4.33. The molecule has 1 aromatic heterocycles. The van der Waals surface area contributed by atoms with Crippen molar-refractivity contribution >= 4 is 21.8 Å². The number of nitrogens with zero attached hydrogens (tertiary/aromatic N) is 1. The molecule has 0 bridgehead atoms. The lowest BCUT2D eigenvalue weighted by Gasteiger charge is -2.25. The molecule has 9 aromatic rings. The number of para-hydroxylation sites is 2. The summed E-state index contributed by atoms with van der Waals surface area (Å²) in [7, 11) is 0. The molecule has 0 unspecified atom stereocenters. The summed E-state index contributed by atoms with van der Waals surface area (Å²) >= 11 is 0. The van der Waals surface area contributed by atoms with Crippen LogP contribution in [0.25, 0.3) is 94.3 Å². The molecular weight excluding hydrogens is 591 g/mol. The van der Waals surface area contributed by atoms with E-state index in [1.165, 1.54) is 94.3 Å². The Hall–Kier alpha value is -6.44. The first kappa shape index (κ1) is 27.7. The molecule has 8 aromatic carbocycles. The Morgan fingerprint density at radius 3 is 1.43 bits per heavy atom. The molecule has 1 aliphatic carbocycles. The van der Waals surface area contributed by atoms with Crippen molar-refractivity contribution in [3.05, 3.63) is 188 Å². The first-order valence-corrected chi connectivity index (χ1v) is 16.9. The van der Waals surface area contributed by atoms with Gasteiger partial charge in [0, 0.05) is 16.5 Å². The summed E-state index contributed by atoms with van der Waals surface area (Å²) in [6.45, 7) is 0. The highest BCUT2D eigenvalue weighted by atomic mass is 15.0. The molecule has 49 heavy (non-hydrogen) atoms. The summed E-state index contributed by atoms with van der Waals surface area (Å²) in [5.74, 6) is 0. The van der Waals surface area contributed by atoms with Gasteiger partial charge < -0.3 is 4.57 Å². The Morgan fingerprint density at radius 1 is 0.265 bits per heavy atom. The van der Waals surface area contributed by atoms with Crippen molar-refractivity contribution in [3.63, 3.8) is 0 Å². The van der Waals surface area contributed by atoms with E-state index in [0.717, 1.165) is 0 Å². The summed E-state index contributed by atoms with van der Waals surface area (Å²) in [6.07, 6.45) is 0. The van der Waals surface area contributed by atoms with Gasteiger partial charge in [-0.3, -0.25) is 0 Å². The highest BCUT2D eigenvalue weighted by molar-refractivity contribution is 6.11. The van der Waals surface area contributed by atoms with Gasteiger partial charge in [0.05, 0.1) is 11.0 Å². The summed E-state index contributed by atoms with van der Waals surface area (Å²) in [4.78, 5) is 0. The fourth-order valence-corrected chi connectivity index (χ4v) is 8.00. The molecule has 0 saturated heterocycles. The molecule has 228 valence electrons. The number of hydrogen-bond donors (Lipinski definition) is 0.